The minimum absolute atomic E-state index is 0.0678. The molecule has 3 N–H and O–H groups in total. The first-order valence-corrected chi connectivity index (χ1v) is 4.72. The minimum atomic E-state index is -0.319. The van der Waals surface area contributed by atoms with Gasteiger partial charge in [-0.3, -0.25) is 9.88 Å². The van der Waals surface area contributed by atoms with Gasteiger partial charge in [0, 0.05) is 20.2 Å². The number of nitrogens with zero attached hydrogens (tertiary/aromatic N) is 2. The first-order valence-electron chi connectivity index (χ1n) is 4.72. The number of aromatic amines is 2. The molecule has 0 atom stereocenters. The van der Waals surface area contributed by atoms with Crippen molar-refractivity contribution in [2.45, 2.75) is 6.54 Å². The molecule has 0 radical (unpaired) electrons. The quantitative estimate of drug-likeness (QED) is 0.518. The Morgan fingerprint density at radius 1 is 1.53 bits per heavy atom. The zero-order valence-electron chi connectivity index (χ0n) is 8.69. The van der Waals surface area contributed by atoms with Crippen LogP contribution in [0.5, 0.6) is 0 Å². The molecule has 86 valence electrons. The molecule has 0 spiro atoms. The third-order valence-electron chi connectivity index (χ3n) is 1.95. The van der Waals surface area contributed by atoms with Crippen LogP contribution in [0.3, 0.4) is 0 Å². The van der Waals surface area contributed by atoms with E-state index in [9.17, 15) is 4.79 Å². The SMILES string of the molecule is COCCN(CCO)Cc1n[nH]c(=O)[nH]1. The van der Waals surface area contributed by atoms with Gasteiger partial charge in [0.1, 0.15) is 5.82 Å². The minimum Gasteiger partial charge on any atom is -0.395 e. The van der Waals surface area contributed by atoms with E-state index in [4.69, 9.17) is 9.84 Å². The number of hydrogen-bond donors (Lipinski definition) is 3. The number of aliphatic hydroxyl groups is 1. The van der Waals surface area contributed by atoms with E-state index in [1.807, 2.05) is 4.90 Å². The van der Waals surface area contributed by atoms with E-state index in [2.05, 4.69) is 15.2 Å². The Kier molecular flexibility index (Phi) is 5.02. The van der Waals surface area contributed by atoms with Crippen LogP contribution in [0.2, 0.25) is 0 Å². The highest BCUT2D eigenvalue weighted by Crippen LogP contribution is 1.95. The Balaban J connectivity index is 2.46. The molecule has 15 heavy (non-hydrogen) atoms. The zero-order chi connectivity index (χ0) is 11.1. The molecule has 0 aliphatic heterocycles. The van der Waals surface area contributed by atoms with Gasteiger partial charge in [0.2, 0.25) is 0 Å². The molecule has 0 bridgehead atoms. The lowest BCUT2D eigenvalue weighted by molar-refractivity contribution is 0.125. The molecule has 0 saturated carbocycles. The van der Waals surface area contributed by atoms with Crippen LogP contribution in [0.4, 0.5) is 0 Å². The first-order chi connectivity index (χ1) is 7.26. The Hall–Kier alpha value is -1.18. The Morgan fingerprint density at radius 3 is 2.87 bits per heavy atom. The summed E-state index contributed by atoms with van der Waals surface area (Å²) in [5, 5.41) is 14.9. The van der Waals surface area contributed by atoms with Crippen molar-refractivity contribution in [2.75, 3.05) is 33.4 Å². The molecule has 0 aliphatic rings. The molecule has 7 nitrogen and oxygen atoms in total. The van der Waals surface area contributed by atoms with Gasteiger partial charge in [-0.1, -0.05) is 0 Å². The number of hydrogen-bond acceptors (Lipinski definition) is 5. The maximum absolute atomic E-state index is 10.8. The fraction of sp³-hybridized carbons (Fsp3) is 0.750. The number of aromatic nitrogens is 3. The summed E-state index contributed by atoms with van der Waals surface area (Å²) in [5.41, 5.74) is -0.319. The molecule has 0 unspecified atom stereocenters. The lowest BCUT2D eigenvalue weighted by Crippen LogP contribution is -2.30. The Bertz CT molecular complexity index is 322. The second-order valence-corrected chi connectivity index (χ2v) is 3.12. The Morgan fingerprint density at radius 2 is 2.33 bits per heavy atom. The number of aliphatic hydroxyl groups excluding tert-OH is 1. The van der Waals surface area contributed by atoms with E-state index >= 15 is 0 Å². The van der Waals surface area contributed by atoms with Gasteiger partial charge in [-0.25, -0.2) is 9.89 Å². The maximum atomic E-state index is 10.8. The summed E-state index contributed by atoms with van der Waals surface area (Å²) in [5.74, 6) is 0.560. The highest BCUT2D eigenvalue weighted by molar-refractivity contribution is 4.80. The van der Waals surface area contributed by atoms with Gasteiger partial charge in [-0.05, 0) is 0 Å². The molecule has 0 fully saturated rings. The number of nitrogens with one attached hydrogen (secondary N) is 2. The normalized spacial score (nSPS) is 11.1. The molecular weight excluding hydrogens is 200 g/mol. The van der Waals surface area contributed by atoms with Crippen LogP contribution in [0.1, 0.15) is 5.82 Å². The van der Waals surface area contributed by atoms with Crippen molar-refractivity contribution in [2.24, 2.45) is 0 Å². The molecule has 1 aromatic heterocycles. The lowest BCUT2D eigenvalue weighted by atomic mass is 10.4. The van der Waals surface area contributed by atoms with Crippen molar-refractivity contribution >= 4 is 0 Å². The van der Waals surface area contributed by atoms with E-state index in [0.717, 1.165) is 0 Å². The highest BCUT2D eigenvalue weighted by Gasteiger charge is 2.07. The summed E-state index contributed by atoms with van der Waals surface area (Å²) in [6.45, 7) is 2.35. The van der Waals surface area contributed by atoms with Crippen molar-refractivity contribution in [1.29, 1.82) is 0 Å². The van der Waals surface area contributed by atoms with E-state index in [0.29, 0.717) is 32.1 Å². The number of methoxy groups -OCH3 is 1. The smallest absolute Gasteiger partial charge is 0.340 e. The summed E-state index contributed by atoms with van der Waals surface area (Å²) in [6.07, 6.45) is 0. The van der Waals surface area contributed by atoms with Crippen LogP contribution in [-0.2, 0) is 11.3 Å². The highest BCUT2D eigenvalue weighted by atomic mass is 16.5. The van der Waals surface area contributed by atoms with Crippen LogP contribution in [-0.4, -0.2) is 58.6 Å². The number of ether oxygens (including phenoxy) is 1. The topological polar surface area (TPSA) is 94.2 Å². The van der Waals surface area contributed by atoms with Crippen LogP contribution in [0, 0.1) is 0 Å². The average Bonchev–Trinajstić information content (AvgIpc) is 2.61. The lowest BCUT2D eigenvalue weighted by Gasteiger charge is -2.18. The zero-order valence-corrected chi connectivity index (χ0v) is 8.69. The summed E-state index contributed by atoms with van der Waals surface area (Å²) < 4.78 is 4.94. The van der Waals surface area contributed by atoms with Gasteiger partial charge in [-0.2, -0.15) is 5.10 Å². The number of H-pyrrole nitrogens is 2. The van der Waals surface area contributed by atoms with Gasteiger partial charge >= 0.3 is 5.69 Å². The second-order valence-electron chi connectivity index (χ2n) is 3.12. The molecule has 0 amide bonds. The largest absolute Gasteiger partial charge is 0.395 e. The molecule has 1 rings (SSSR count). The van der Waals surface area contributed by atoms with E-state index in [1.165, 1.54) is 0 Å². The van der Waals surface area contributed by atoms with E-state index in [-0.39, 0.29) is 12.3 Å². The van der Waals surface area contributed by atoms with Crippen LogP contribution in [0.25, 0.3) is 0 Å². The summed E-state index contributed by atoms with van der Waals surface area (Å²) >= 11 is 0. The first kappa shape index (κ1) is 11.9. The molecular formula is C8H16N4O3. The van der Waals surface area contributed by atoms with Gasteiger partial charge < -0.3 is 9.84 Å². The third kappa shape index (κ3) is 4.24. The van der Waals surface area contributed by atoms with Crippen LogP contribution >= 0.6 is 0 Å². The van der Waals surface area contributed by atoms with Crippen molar-refractivity contribution < 1.29 is 9.84 Å². The fourth-order valence-corrected chi connectivity index (χ4v) is 1.22. The fourth-order valence-electron chi connectivity index (χ4n) is 1.22. The van der Waals surface area contributed by atoms with E-state index < -0.39 is 0 Å². The van der Waals surface area contributed by atoms with Crippen molar-refractivity contribution in [1.82, 2.24) is 20.1 Å². The van der Waals surface area contributed by atoms with Crippen molar-refractivity contribution in [3.8, 4) is 0 Å². The predicted molar refractivity (Wildman–Crippen MR) is 53.4 cm³/mol. The maximum Gasteiger partial charge on any atom is 0.340 e. The van der Waals surface area contributed by atoms with Gasteiger partial charge in [0.15, 0.2) is 0 Å². The van der Waals surface area contributed by atoms with Gasteiger partial charge in [0.25, 0.3) is 0 Å². The molecule has 0 aliphatic carbocycles. The average molecular weight is 216 g/mol. The van der Waals surface area contributed by atoms with Crippen LogP contribution in [0.15, 0.2) is 4.79 Å². The number of rotatable bonds is 7. The van der Waals surface area contributed by atoms with E-state index in [1.54, 1.807) is 7.11 Å². The molecule has 0 aromatic carbocycles. The summed E-state index contributed by atoms with van der Waals surface area (Å²) in [4.78, 5) is 15.3. The molecule has 7 heteroatoms. The summed E-state index contributed by atoms with van der Waals surface area (Å²) in [6, 6.07) is 0. The van der Waals surface area contributed by atoms with Crippen LogP contribution < -0.4 is 5.69 Å². The Labute approximate surface area is 87.1 Å². The van der Waals surface area contributed by atoms with Gasteiger partial charge in [-0.15, -0.1) is 0 Å². The van der Waals surface area contributed by atoms with Crippen molar-refractivity contribution in [3.05, 3.63) is 16.3 Å². The molecule has 1 heterocycles. The standard InChI is InChI=1S/C8H16N4O3/c1-15-5-3-12(2-4-13)6-7-9-8(14)11-10-7/h13H,2-6H2,1H3,(H2,9,10,11,14). The molecule has 0 saturated heterocycles. The predicted octanol–water partition coefficient (Wildman–Crippen LogP) is -1.46. The van der Waals surface area contributed by atoms with Crippen molar-refractivity contribution in [3.63, 3.8) is 0 Å². The third-order valence-corrected chi connectivity index (χ3v) is 1.95. The molecule has 1 aromatic rings. The van der Waals surface area contributed by atoms with Gasteiger partial charge in [0.05, 0.1) is 19.8 Å². The monoisotopic (exact) mass is 216 g/mol. The summed E-state index contributed by atoms with van der Waals surface area (Å²) in [7, 11) is 1.62. The second kappa shape index (κ2) is 6.33.